The van der Waals surface area contributed by atoms with Crippen molar-refractivity contribution in [2.24, 2.45) is 0 Å². The van der Waals surface area contributed by atoms with Gasteiger partial charge in [-0.3, -0.25) is 14.5 Å². The van der Waals surface area contributed by atoms with Crippen molar-refractivity contribution in [3.05, 3.63) is 88.2 Å². The van der Waals surface area contributed by atoms with Crippen molar-refractivity contribution in [3.8, 4) is 11.5 Å². The van der Waals surface area contributed by atoms with Gasteiger partial charge in [-0.25, -0.2) is 0 Å². The fourth-order valence-corrected chi connectivity index (χ4v) is 4.43. The number of furan rings is 2. The molecule has 1 aliphatic rings. The largest absolute Gasteiger partial charge is 0.503 e. The maximum atomic E-state index is 13.6. The predicted molar refractivity (Wildman–Crippen MR) is 126 cm³/mol. The van der Waals surface area contributed by atoms with Crippen LogP contribution in [0.3, 0.4) is 0 Å². The van der Waals surface area contributed by atoms with E-state index in [9.17, 15) is 14.7 Å². The molecule has 5 rings (SSSR count). The summed E-state index contributed by atoms with van der Waals surface area (Å²) >= 11 is 3.39. The Labute approximate surface area is 202 Å². The van der Waals surface area contributed by atoms with Crippen LogP contribution >= 0.6 is 15.9 Å². The average Bonchev–Trinajstić information content (AvgIpc) is 3.57. The standard InChI is InChI=1S/C25H18BrNO7/c1-31-17-8-6-15(12-19(17)32-2)27-22(18-4-3-9-33-18)21(24(29)25(27)30)23(28)20-11-13-10-14(26)5-7-16(13)34-20/h3-12,22,29H,1-2H3. The van der Waals surface area contributed by atoms with Gasteiger partial charge in [0.15, 0.2) is 23.0 Å². The molecule has 0 radical (unpaired) electrons. The molecule has 0 aliphatic carbocycles. The van der Waals surface area contributed by atoms with Crippen LogP contribution in [-0.2, 0) is 4.79 Å². The molecule has 1 amide bonds. The summed E-state index contributed by atoms with van der Waals surface area (Å²) in [7, 11) is 2.97. The summed E-state index contributed by atoms with van der Waals surface area (Å²) in [5, 5.41) is 11.6. The van der Waals surface area contributed by atoms with E-state index in [-0.39, 0.29) is 11.3 Å². The van der Waals surface area contributed by atoms with E-state index < -0.39 is 23.5 Å². The number of carbonyl (C=O) groups is 2. The first-order valence-corrected chi connectivity index (χ1v) is 11.0. The highest BCUT2D eigenvalue weighted by atomic mass is 79.9. The van der Waals surface area contributed by atoms with E-state index in [1.807, 2.05) is 6.07 Å². The molecule has 172 valence electrons. The number of aliphatic hydroxyl groups excluding tert-OH is 1. The second-order valence-corrected chi connectivity index (χ2v) is 8.43. The summed E-state index contributed by atoms with van der Waals surface area (Å²) < 4.78 is 22.8. The number of hydrogen-bond donors (Lipinski definition) is 1. The minimum Gasteiger partial charge on any atom is -0.503 e. The lowest BCUT2D eigenvalue weighted by Gasteiger charge is -2.25. The smallest absolute Gasteiger partial charge is 0.294 e. The Kier molecular flexibility index (Phi) is 5.41. The number of benzene rings is 2. The van der Waals surface area contributed by atoms with Crippen molar-refractivity contribution in [2.75, 3.05) is 19.1 Å². The number of fused-ring (bicyclic) bond motifs is 1. The Morgan fingerprint density at radius 3 is 2.56 bits per heavy atom. The van der Waals surface area contributed by atoms with Gasteiger partial charge in [-0.1, -0.05) is 15.9 Å². The molecule has 1 atom stereocenters. The summed E-state index contributed by atoms with van der Waals surface area (Å²) in [6, 6.07) is 14.0. The molecule has 9 heteroatoms. The second-order valence-electron chi connectivity index (χ2n) is 7.52. The number of methoxy groups -OCH3 is 2. The number of anilines is 1. The number of rotatable bonds is 6. The number of Topliss-reactive ketones (excluding diaryl/α,β-unsaturated/α-hetero) is 1. The number of carbonyl (C=O) groups excluding carboxylic acids is 2. The fourth-order valence-electron chi connectivity index (χ4n) is 4.05. The van der Waals surface area contributed by atoms with Gasteiger partial charge in [0.25, 0.3) is 5.91 Å². The number of halogens is 1. The van der Waals surface area contributed by atoms with Gasteiger partial charge in [-0.2, -0.15) is 0 Å². The van der Waals surface area contributed by atoms with E-state index in [0.717, 1.165) is 4.47 Å². The molecular formula is C25H18BrNO7. The molecule has 0 fully saturated rings. The summed E-state index contributed by atoms with van der Waals surface area (Å²) in [6.07, 6.45) is 1.43. The lowest BCUT2D eigenvalue weighted by Crippen LogP contribution is -2.30. The Bertz CT molecular complexity index is 1450. The fraction of sp³-hybridized carbons (Fsp3) is 0.120. The van der Waals surface area contributed by atoms with Crippen molar-refractivity contribution in [1.29, 1.82) is 0 Å². The zero-order valence-electron chi connectivity index (χ0n) is 18.1. The normalized spacial score (nSPS) is 15.9. The molecule has 1 aliphatic heterocycles. The van der Waals surface area contributed by atoms with Crippen LogP contribution in [0.4, 0.5) is 5.69 Å². The minimum absolute atomic E-state index is 0.00633. The third kappa shape index (κ3) is 3.45. The summed E-state index contributed by atoms with van der Waals surface area (Å²) in [4.78, 5) is 28.1. The topological polar surface area (TPSA) is 102 Å². The van der Waals surface area contributed by atoms with Gasteiger partial charge in [-0.15, -0.1) is 0 Å². The third-order valence-corrected chi connectivity index (χ3v) is 6.11. The van der Waals surface area contributed by atoms with Crippen LogP contribution in [0.2, 0.25) is 0 Å². The highest BCUT2D eigenvalue weighted by Crippen LogP contribution is 2.44. The van der Waals surface area contributed by atoms with E-state index in [2.05, 4.69) is 15.9 Å². The van der Waals surface area contributed by atoms with Crippen LogP contribution in [0.5, 0.6) is 11.5 Å². The van der Waals surface area contributed by atoms with Crippen molar-refractivity contribution in [3.63, 3.8) is 0 Å². The van der Waals surface area contributed by atoms with E-state index in [4.69, 9.17) is 18.3 Å². The van der Waals surface area contributed by atoms with Crippen molar-refractivity contribution in [2.45, 2.75) is 6.04 Å². The first-order chi connectivity index (χ1) is 16.4. The summed E-state index contributed by atoms with van der Waals surface area (Å²) in [5.41, 5.74) is 0.738. The van der Waals surface area contributed by atoms with Gasteiger partial charge < -0.3 is 23.4 Å². The molecule has 4 aromatic rings. The molecular weight excluding hydrogens is 506 g/mol. The van der Waals surface area contributed by atoms with Crippen LogP contribution < -0.4 is 14.4 Å². The SMILES string of the molecule is COc1ccc(N2C(=O)C(O)=C(C(=O)c3cc4cc(Br)ccc4o3)C2c2ccco2)cc1OC. The zero-order chi connectivity index (χ0) is 24.0. The highest BCUT2D eigenvalue weighted by molar-refractivity contribution is 9.10. The molecule has 0 saturated heterocycles. The predicted octanol–water partition coefficient (Wildman–Crippen LogP) is 5.59. The van der Waals surface area contributed by atoms with Gasteiger partial charge in [0.2, 0.25) is 5.78 Å². The van der Waals surface area contributed by atoms with Crippen LogP contribution in [0.1, 0.15) is 22.4 Å². The zero-order valence-corrected chi connectivity index (χ0v) is 19.7. The van der Waals surface area contributed by atoms with Gasteiger partial charge in [0.05, 0.1) is 26.1 Å². The van der Waals surface area contributed by atoms with Gasteiger partial charge in [0, 0.05) is 21.6 Å². The first kappa shape index (κ1) is 21.8. The minimum atomic E-state index is -1.02. The quantitative estimate of drug-likeness (QED) is 0.328. The molecule has 0 saturated carbocycles. The summed E-state index contributed by atoms with van der Waals surface area (Å²) in [6.45, 7) is 0. The molecule has 3 heterocycles. The molecule has 8 nitrogen and oxygen atoms in total. The lowest BCUT2D eigenvalue weighted by atomic mass is 9.99. The Hall–Kier alpha value is -3.98. The van der Waals surface area contributed by atoms with Crippen molar-refractivity contribution in [1.82, 2.24) is 0 Å². The number of hydrogen-bond acceptors (Lipinski definition) is 7. The van der Waals surface area contributed by atoms with E-state index in [1.54, 1.807) is 48.5 Å². The molecule has 34 heavy (non-hydrogen) atoms. The van der Waals surface area contributed by atoms with Gasteiger partial charge in [0.1, 0.15) is 17.4 Å². The van der Waals surface area contributed by atoms with Crippen LogP contribution in [0.15, 0.2) is 85.5 Å². The monoisotopic (exact) mass is 523 g/mol. The number of ketones is 1. The number of nitrogens with zero attached hydrogens (tertiary/aromatic N) is 1. The maximum absolute atomic E-state index is 13.6. The Morgan fingerprint density at radius 2 is 1.85 bits per heavy atom. The lowest BCUT2D eigenvalue weighted by molar-refractivity contribution is -0.117. The van der Waals surface area contributed by atoms with E-state index in [0.29, 0.717) is 33.9 Å². The van der Waals surface area contributed by atoms with Gasteiger partial charge in [-0.05, 0) is 48.5 Å². The highest BCUT2D eigenvalue weighted by Gasteiger charge is 2.47. The average molecular weight is 524 g/mol. The maximum Gasteiger partial charge on any atom is 0.294 e. The molecule has 2 aromatic heterocycles. The van der Waals surface area contributed by atoms with Crippen molar-refractivity contribution >= 4 is 44.3 Å². The van der Waals surface area contributed by atoms with E-state index in [1.165, 1.54) is 25.4 Å². The van der Waals surface area contributed by atoms with Crippen LogP contribution in [0, 0.1) is 0 Å². The number of ether oxygens (including phenoxy) is 2. The molecule has 1 N–H and O–H groups in total. The second kappa shape index (κ2) is 8.42. The molecule has 1 unspecified atom stereocenters. The molecule has 0 bridgehead atoms. The summed E-state index contributed by atoms with van der Waals surface area (Å²) in [5.74, 6) is -0.911. The van der Waals surface area contributed by atoms with E-state index >= 15 is 0 Å². The van der Waals surface area contributed by atoms with Gasteiger partial charge >= 0.3 is 0 Å². The molecule has 2 aromatic carbocycles. The third-order valence-electron chi connectivity index (χ3n) is 5.61. The Morgan fingerprint density at radius 1 is 1.06 bits per heavy atom. The first-order valence-electron chi connectivity index (χ1n) is 10.2. The number of aliphatic hydroxyl groups is 1. The number of amides is 1. The van der Waals surface area contributed by atoms with Crippen LogP contribution in [0.25, 0.3) is 11.0 Å². The molecule has 0 spiro atoms. The Balaban J connectivity index is 1.63. The van der Waals surface area contributed by atoms with Crippen LogP contribution in [-0.4, -0.2) is 31.0 Å². The van der Waals surface area contributed by atoms with Crippen molar-refractivity contribution < 1.29 is 33.0 Å².